The Bertz CT molecular complexity index is 975. The number of aromatic nitrogens is 1. The highest BCUT2D eigenvalue weighted by atomic mass is 16.5. The Hall–Kier alpha value is -2.95. The van der Waals surface area contributed by atoms with Crippen LogP contribution in [0.3, 0.4) is 0 Å². The van der Waals surface area contributed by atoms with Crippen LogP contribution in [0.2, 0.25) is 0 Å². The number of hydrogen-bond donors (Lipinski definition) is 2. The number of rotatable bonds is 8. The van der Waals surface area contributed by atoms with E-state index in [-0.39, 0.29) is 17.7 Å². The van der Waals surface area contributed by atoms with Crippen molar-refractivity contribution in [3.63, 3.8) is 0 Å². The fourth-order valence-electron chi connectivity index (χ4n) is 3.66. The quantitative estimate of drug-likeness (QED) is 0.616. The largest absolute Gasteiger partial charge is 0.493 e. The molecule has 4 rings (SSSR count). The van der Waals surface area contributed by atoms with Gasteiger partial charge in [-0.15, -0.1) is 0 Å². The number of fused-ring (bicyclic) bond motifs is 1. The van der Waals surface area contributed by atoms with Gasteiger partial charge in [0, 0.05) is 35.5 Å². The lowest BCUT2D eigenvalue weighted by atomic mass is 9.90. The standard InChI is InChI=1S/C23H26N2O3/c1-3-28-21-11-10-16(12-22(21)27-2)18(13-25-23(26)15-8-9-15)19-14-24-20-7-5-4-6-17(19)20/h4-7,10-12,14-15,18,24H,3,8-9,13H2,1-2H3,(H,25,26). The number of amides is 1. The van der Waals surface area contributed by atoms with Crippen LogP contribution in [0.25, 0.3) is 10.9 Å². The molecule has 1 fully saturated rings. The average molecular weight is 378 g/mol. The van der Waals surface area contributed by atoms with Crippen molar-refractivity contribution in [2.24, 2.45) is 5.92 Å². The van der Waals surface area contributed by atoms with Gasteiger partial charge in [0.05, 0.1) is 13.7 Å². The number of aromatic amines is 1. The Morgan fingerprint density at radius 3 is 2.79 bits per heavy atom. The van der Waals surface area contributed by atoms with Crippen LogP contribution in [-0.2, 0) is 4.79 Å². The third-order valence-electron chi connectivity index (χ3n) is 5.32. The molecule has 1 heterocycles. The van der Waals surface area contributed by atoms with E-state index in [1.165, 1.54) is 5.39 Å². The second-order valence-electron chi connectivity index (χ2n) is 7.20. The smallest absolute Gasteiger partial charge is 0.223 e. The third-order valence-corrected chi connectivity index (χ3v) is 5.32. The molecule has 1 unspecified atom stereocenters. The molecule has 0 aliphatic heterocycles. The van der Waals surface area contributed by atoms with E-state index in [0.29, 0.717) is 18.9 Å². The highest BCUT2D eigenvalue weighted by Crippen LogP contribution is 2.36. The van der Waals surface area contributed by atoms with Crippen molar-refractivity contribution in [3.05, 3.63) is 59.8 Å². The highest BCUT2D eigenvalue weighted by molar-refractivity contribution is 5.85. The highest BCUT2D eigenvalue weighted by Gasteiger charge is 2.30. The van der Waals surface area contributed by atoms with Crippen molar-refractivity contribution in [2.75, 3.05) is 20.3 Å². The Balaban J connectivity index is 1.71. The summed E-state index contributed by atoms with van der Waals surface area (Å²) in [4.78, 5) is 15.6. The molecule has 3 aromatic rings. The molecule has 28 heavy (non-hydrogen) atoms. The number of carbonyl (C=O) groups is 1. The summed E-state index contributed by atoms with van der Waals surface area (Å²) in [5.41, 5.74) is 3.34. The van der Waals surface area contributed by atoms with E-state index >= 15 is 0 Å². The van der Waals surface area contributed by atoms with Gasteiger partial charge >= 0.3 is 0 Å². The summed E-state index contributed by atoms with van der Waals surface area (Å²) in [7, 11) is 1.65. The summed E-state index contributed by atoms with van der Waals surface area (Å²) >= 11 is 0. The van der Waals surface area contributed by atoms with Crippen molar-refractivity contribution in [1.82, 2.24) is 10.3 Å². The minimum Gasteiger partial charge on any atom is -0.493 e. The molecular formula is C23H26N2O3. The minimum atomic E-state index is 0.0171. The van der Waals surface area contributed by atoms with Gasteiger partial charge in [-0.1, -0.05) is 24.3 Å². The number of benzene rings is 2. The lowest BCUT2D eigenvalue weighted by Crippen LogP contribution is -2.30. The number of carbonyl (C=O) groups excluding carboxylic acids is 1. The molecule has 1 saturated carbocycles. The Labute approximate surface area is 165 Å². The van der Waals surface area contributed by atoms with E-state index < -0.39 is 0 Å². The number of ether oxygens (including phenoxy) is 2. The van der Waals surface area contributed by atoms with Gasteiger partial charge < -0.3 is 19.8 Å². The first-order valence-electron chi connectivity index (χ1n) is 9.85. The predicted molar refractivity (Wildman–Crippen MR) is 110 cm³/mol. The van der Waals surface area contributed by atoms with Gasteiger partial charge in [-0.2, -0.15) is 0 Å². The molecule has 1 atom stereocenters. The second-order valence-corrected chi connectivity index (χ2v) is 7.20. The monoisotopic (exact) mass is 378 g/mol. The van der Waals surface area contributed by atoms with Gasteiger partial charge in [0.2, 0.25) is 5.91 Å². The lowest BCUT2D eigenvalue weighted by Gasteiger charge is -2.20. The number of methoxy groups -OCH3 is 1. The van der Waals surface area contributed by atoms with Crippen LogP contribution in [0, 0.1) is 5.92 Å². The van der Waals surface area contributed by atoms with E-state index in [1.807, 2.05) is 37.4 Å². The zero-order valence-corrected chi connectivity index (χ0v) is 16.3. The number of H-pyrrole nitrogens is 1. The number of hydrogen-bond acceptors (Lipinski definition) is 3. The molecule has 1 aliphatic rings. The van der Waals surface area contributed by atoms with Crippen LogP contribution >= 0.6 is 0 Å². The molecular weight excluding hydrogens is 352 g/mol. The first-order chi connectivity index (χ1) is 13.7. The Morgan fingerprint density at radius 1 is 1.21 bits per heavy atom. The molecule has 146 valence electrons. The maximum absolute atomic E-state index is 12.3. The van der Waals surface area contributed by atoms with Crippen LogP contribution in [-0.4, -0.2) is 31.2 Å². The summed E-state index contributed by atoms with van der Waals surface area (Å²) in [6.07, 6.45) is 4.04. The number of para-hydroxylation sites is 1. The predicted octanol–water partition coefficient (Wildman–Crippen LogP) is 4.23. The minimum absolute atomic E-state index is 0.0171. The molecule has 0 bridgehead atoms. The van der Waals surface area contributed by atoms with Gasteiger partial charge in [0.15, 0.2) is 11.5 Å². The fraction of sp³-hybridized carbons (Fsp3) is 0.348. The van der Waals surface area contributed by atoms with Gasteiger partial charge in [0.1, 0.15) is 0 Å². The Kier molecular flexibility index (Phi) is 5.24. The number of nitrogens with one attached hydrogen (secondary N) is 2. The third kappa shape index (κ3) is 3.70. The van der Waals surface area contributed by atoms with Crippen LogP contribution < -0.4 is 14.8 Å². The van der Waals surface area contributed by atoms with Crippen molar-refractivity contribution in [1.29, 1.82) is 0 Å². The van der Waals surface area contributed by atoms with Crippen molar-refractivity contribution in [2.45, 2.75) is 25.7 Å². The molecule has 0 saturated heterocycles. The van der Waals surface area contributed by atoms with Crippen LogP contribution in [0.1, 0.15) is 36.8 Å². The average Bonchev–Trinajstić information content (AvgIpc) is 3.50. The van der Waals surface area contributed by atoms with Crippen molar-refractivity contribution < 1.29 is 14.3 Å². The summed E-state index contributed by atoms with van der Waals surface area (Å²) in [5.74, 6) is 1.80. The van der Waals surface area contributed by atoms with Gasteiger partial charge in [-0.3, -0.25) is 4.79 Å². The molecule has 0 radical (unpaired) electrons. The van der Waals surface area contributed by atoms with Crippen molar-refractivity contribution in [3.8, 4) is 11.5 Å². The van der Waals surface area contributed by atoms with E-state index in [0.717, 1.165) is 35.2 Å². The molecule has 2 N–H and O–H groups in total. The zero-order valence-electron chi connectivity index (χ0n) is 16.3. The van der Waals surface area contributed by atoms with E-state index in [1.54, 1.807) is 7.11 Å². The van der Waals surface area contributed by atoms with E-state index in [4.69, 9.17) is 9.47 Å². The van der Waals surface area contributed by atoms with Gasteiger partial charge in [-0.05, 0) is 49.1 Å². The molecule has 1 amide bonds. The summed E-state index contributed by atoms with van der Waals surface area (Å²) < 4.78 is 11.2. The first-order valence-corrected chi connectivity index (χ1v) is 9.85. The summed E-state index contributed by atoms with van der Waals surface area (Å²) in [6, 6.07) is 14.3. The van der Waals surface area contributed by atoms with Crippen LogP contribution in [0.4, 0.5) is 0 Å². The second kappa shape index (κ2) is 7.97. The first kappa shape index (κ1) is 18.4. The fourth-order valence-corrected chi connectivity index (χ4v) is 3.66. The lowest BCUT2D eigenvalue weighted by molar-refractivity contribution is -0.122. The SMILES string of the molecule is CCOc1ccc(C(CNC(=O)C2CC2)c2c[nH]c3ccccc23)cc1OC. The summed E-state index contributed by atoms with van der Waals surface area (Å²) in [5, 5.41) is 4.32. The van der Waals surface area contributed by atoms with Crippen molar-refractivity contribution >= 4 is 16.8 Å². The summed E-state index contributed by atoms with van der Waals surface area (Å²) in [6.45, 7) is 3.09. The van der Waals surface area contributed by atoms with Crippen LogP contribution in [0.5, 0.6) is 11.5 Å². The molecule has 5 nitrogen and oxygen atoms in total. The molecule has 5 heteroatoms. The maximum atomic E-state index is 12.3. The molecule has 0 spiro atoms. The zero-order chi connectivity index (χ0) is 19.5. The van der Waals surface area contributed by atoms with E-state index in [9.17, 15) is 4.79 Å². The van der Waals surface area contributed by atoms with E-state index in [2.05, 4.69) is 28.5 Å². The Morgan fingerprint density at radius 2 is 2.04 bits per heavy atom. The molecule has 1 aliphatic carbocycles. The normalized spacial score (nSPS) is 14.6. The van der Waals surface area contributed by atoms with Gasteiger partial charge in [-0.25, -0.2) is 0 Å². The molecule has 1 aromatic heterocycles. The van der Waals surface area contributed by atoms with Crippen LogP contribution in [0.15, 0.2) is 48.7 Å². The topological polar surface area (TPSA) is 63.3 Å². The van der Waals surface area contributed by atoms with Gasteiger partial charge in [0.25, 0.3) is 0 Å². The molecule has 2 aromatic carbocycles. The maximum Gasteiger partial charge on any atom is 0.223 e.